The van der Waals surface area contributed by atoms with Gasteiger partial charge in [0.05, 0.1) is 11.7 Å². The van der Waals surface area contributed by atoms with Gasteiger partial charge in [0.15, 0.2) is 0 Å². The lowest BCUT2D eigenvalue weighted by Crippen LogP contribution is -2.20. The van der Waals surface area contributed by atoms with E-state index in [0.717, 1.165) is 0 Å². The molecule has 14 heavy (non-hydrogen) atoms. The molecule has 1 aliphatic rings. The second-order valence-corrected chi connectivity index (χ2v) is 3.76. The molecule has 0 radical (unpaired) electrons. The molecule has 0 spiro atoms. The Kier molecular flexibility index (Phi) is 2.99. The molecule has 1 aromatic heterocycles. The largest absolute Gasteiger partial charge is 0.308 e. The molecule has 0 bridgehead atoms. The standard InChI is InChI=1S/C11H17N3/c1-12-11(10-7-8-13-14-10)9-5-3-2-4-6-9/h5,7-8,11-12H,2-4,6H2,1H3,(H,13,14). The van der Waals surface area contributed by atoms with E-state index >= 15 is 0 Å². The number of H-pyrrole nitrogens is 1. The molecule has 0 saturated heterocycles. The lowest BCUT2D eigenvalue weighted by molar-refractivity contribution is 0.582. The SMILES string of the molecule is CNC(C1=CCCCC1)c1ccn[nH]1. The van der Waals surface area contributed by atoms with Gasteiger partial charge in [-0.25, -0.2) is 0 Å². The van der Waals surface area contributed by atoms with Crippen LogP contribution in [0.15, 0.2) is 23.9 Å². The topological polar surface area (TPSA) is 40.7 Å². The molecule has 1 heterocycles. The first-order chi connectivity index (χ1) is 6.92. The predicted octanol–water partition coefficient (Wildman–Crippen LogP) is 2.17. The molecule has 1 unspecified atom stereocenters. The number of nitrogens with one attached hydrogen (secondary N) is 2. The zero-order chi connectivity index (χ0) is 9.80. The quantitative estimate of drug-likeness (QED) is 0.719. The molecule has 3 heteroatoms. The average Bonchev–Trinajstić information content (AvgIpc) is 2.74. The zero-order valence-electron chi connectivity index (χ0n) is 8.59. The van der Waals surface area contributed by atoms with Crippen molar-refractivity contribution in [2.24, 2.45) is 0 Å². The Labute approximate surface area is 84.6 Å². The number of allylic oxidation sites excluding steroid dienone is 1. The van der Waals surface area contributed by atoms with Crippen LogP contribution in [0.1, 0.15) is 37.4 Å². The minimum Gasteiger partial charge on any atom is -0.308 e. The summed E-state index contributed by atoms with van der Waals surface area (Å²) in [4.78, 5) is 0. The van der Waals surface area contributed by atoms with Crippen LogP contribution in [-0.4, -0.2) is 17.2 Å². The lowest BCUT2D eigenvalue weighted by Gasteiger charge is -2.21. The molecule has 2 N–H and O–H groups in total. The molecular formula is C11H17N3. The minimum absolute atomic E-state index is 0.331. The maximum absolute atomic E-state index is 3.99. The number of aromatic nitrogens is 2. The molecule has 1 atom stereocenters. The van der Waals surface area contributed by atoms with Crippen LogP contribution < -0.4 is 5.32 Å². The van der Waals surface area contributed by atoms with Crippen LogP contribution >= 0.6 is 0 Å². The average molecular weight is 191 g/mol. The summed E-state index contributed by atoms with van der Waals surface area (Å²) in [7, 11) is 2.00. The fourth-order valence-corrected chi connectivity index (χ4v) is 2.09. The molecule has 3 nitrogen and oxygen atoms in total. The Bertz CT molecular complexity index is 300. The van der Waals surface area contributed by atoms with E-state index in [1.54, 1.807) is 0 Å². The molecular weight excluding hydrogens is 174 g/mol. The second kappa shape index (κ2) is 4.42. The van der Waals surface area contributed by atoms with Gasteiger partial charge in [-0.3, -0.25) is 5.10 Å². The first-order valence-electron chi connectivity index (χ1n) is 5.27. The summed E-state index contributed by atoms with van der Waals surface area (Å²) in [5.74, 6) is 0. The van der Waals surface area contributed by atoms with Gasteiger partial charge in [0.2, 0.25) is 0 Å². The monoisotopic (exact) mass is 191 g/mol. The van der Waals surface area contributed by atoms with E-state index in [-0.39, 0.29) is 0 Å². The van der Waals surface area contributed by atoms with Crippen LogP contribution in [0.25, 0.3) is 0 Å². The summed E-state index contributed by atoms with van der Waals surface area (Å²) >= 11 is 0. The van der Waals surface area contributed by atoms with Crippen molar-refractivity contribution >= 4 is 0 Å². The molecule has 0 aromatic carbocycles. The number of likely N-dealkylation sites (N-methyl/N-ethyl adjacent to an activating group) is 1. The summed E-state index contributed by atoms with van der Waals surface area (Å²) < 4.78 is 0. The van der Waals surface area contributed by atoms with Crippen molar-refractivity contribution in [2.75, 3.05) is 7.05 Å². The number of nitrogens with zero attached hydrogens (tertiary/aromatic N) is 1. The van der Waals surface area contributed by atoms with Gasteiger partial charge in [0.1, 0.15) is 0 Å². The van der Waals surface area contributed by atoms with Crippen molar-refractivity contribution in [3.05, 3.63) is 29.6 Å². The highest BCUT2D eigenvalue weighted by Gasteiger charge is 2.16. The maximum atomic E-state index is 3.99. The van der Waals surface area contributed by atoms with E-state index in [2.05, 4.69) is 21.6 Å². The van der Waals surface area contributed by atoms with E-state index < -0.39 is 0 Å². The first-order valence-corrected chi connectivity index (χ1v) is 5.27. The van der Waals surface area contributed by atoms with Gasteiger partial charge in [-0.2, -0.15) is 5.10 Å². The van der Waals surface area contributed by atoms with E-state index in [4.69, 9.17) is 0 Å². The van der Waals surface area contributed by atoms with Crippen LogP contribution in [0.2, 0.25) is 0 Å². The third kappa shape index (κ3) is 1.87. The van der Waals surface area contributed by atoms with Gasteiger partial charge in [0.25, 0.3) is 0 Å². The summed E-state index contributed by atoms with van der Waals surface area (Å²) in [5, 5.41) is 10.4. The van der Waals surface area contributed by atoms with E-state index in [1.165, 1.54) is 37.0 Å². The van der Waals surface area contributed by atoms with Gasteiger partial charge in [0, 0.05) is 6.20 Å². The molecule has 0 fully saturated rings. The van der Waals surface area contributed by atoms with Crippen molar-refractivity contribution in [3.63, 3.8) is 0 Å². The van der Waals surface area contributed by atoms with Crippen molar-refractivity contribution in [2.45, 2.75) is 31.7 Å². The summed E-state index contributed by atoms with van der Waals surface area (Å²) in [5.41, 5.74) is 2.67. The number of hydrogen-bond donors (Lipinski definition) is 2. The fraction of sp³-hybridized carbons (Fsp3) is 0.545. The second-order valence-electron chi connectivity index (χ2n) is 3.76. The van der Waals surface area contributed by atoms with Crippen molar-refractivity contribution in [3.8, 4) is 0 Å². The summed E-state index contributed by atoms with van der Waals surface area (Å²) in [6, 6.07) is 2.37. The van der Waals surface area contributed by atoms with Crippen LogP contribution in [0.4, 0.5) is 0 Å². The number of hydrogen-bond acceptors (Lipinski definition) is 2. The van der Waals surface area contributed by atoms with E-state index in [0.29, 0.717) is 6.04 Å². The highest BCUT2D eigenvalue weighted by atomic mass is 15.1. The lowest BCUT2D eigenvalue weighted by atomic mass is 9.92. The summed E-state index contributed by atoms with van der Waals surface area (Å²) in [6.45, 7) is 0. The Morgan fingerprint density at radius 3 is 3.00 bits per heavy atom. The molecule has 0 aliphatic heterocycles. The van der Waals surface area contributed by atoms with E-state index in [9.17, 15) is 0 Å². The Morgan fingerprint density at radius 2 is 2.43 bits per heavy atom. The molecule has 76 valence electrons. The van der Waals surface area contributed by atoms with Gasteiger partial charge in [-0.1, -0.05) is 11.6 Å². The van der Waals surface area contributed by atoms with Crippen LogP contribution in [-0.2, 0) is 0 Å². The van der Waals surface area contributed by atoms with Crippen molar-refractivity contribution in [1.29, 1.82) is 0 Å². The normalized spacial score (nSPS) is 19.1. The van der Waals surface area contributed by atoms with Gasteiger partial charge >= 0.3 is 0 Å². The highest BCUT2D eigenvalue weighted by molar-refractivity contribution is 5.22. The Balaban J connectivity index is 2.16. The molecule has 1 aromatic rings. The third-order valence-electron chi connectivity index (χ3n) is 2.82. The zero-order valence-corrected chi connectivity index (χ0v) is 8.59. The fourth-order valence-electron chi connectivity index (χ4n) is 2.09. The van der Waals surface area contributed by atoms with Crippen molar-refractivity contribution < 1.29 is 0 Å². The van der Waals surface area contributed by atoms with Gasteiger partial charge in [-0.15, -0.1) is 0 Å². The predicted molar refractivity (Wildman–Crippen MR) is 56.9 cm³/mol. The number of aromatic amines is 1. The highest BCUT2D eigenvalue weighted by Crippen LogP contribution is 2.28. The Hall–Kier alpha value is -1.09. The van der Waals surface area contributed by atoms with Crippen LogP contribution in [0.3, 0.4) is 0 Å². The van der Waals surface area contributed by atoms with Crippen molar-refractivity contribution in [1.82, 2.24) is 15.5 Å². The molecule has 2 rings (SSSR count). The molecule has 1 aliphatic carbocycles. The molecule has 0 saturated carbocycles. The smallest absolute Gasteiger partial charge is 0.0702 e. The minimum atomic E-state index is 0.331. The third-order valence-corrected chi connectivity index (χ3v) is 2.82. The Morgan fingerprint density at radius 1 is 1.50 bits per heavy atom. The van der Waals surface area contributed by atoms with E-state index in [1.807, 2.05) is 19.3 Å². The van der Waals surface area contributed by atoms with Gasteiger partial charge < -0.3 is 5.32 Å². The van der Waals surface area contributed by atoms with Crippen LogP contribution in [0.5, 0.6) is 0 Å². The van der Waals surface area contributed by atoms with Crippen LogP contribution in [0, 0.1) is 0 Å². The summed E-state index contributed by atoms with van der Waals surface area (Å²) in [6.07, 6.45) is 9.27. The van der Waals surface area contributed by atoms with Gasteiger partial charge in [-0.05, 0) is 38.8 Å². The first kappa shape index (κ1) is 9.46. The maximum Gasteiger partial charge on any atom is 0.0702 e. The number of rotatable bonds is 3. The molecule has 0 amide bonds.